The summed E-state index contributed by atoms with van der Waals surface area (Å²) in [6, 6.07) is 63.8. The van der Waals surface area contributed by atoms with Gasteiger partial charge in [-0.2, -0.15) is 5.26 Å². The fourth-order valence-electron chi connectivity index (χ4n) is 8.77. The van der Waals surface area contributed by atoms with Crippen LogP contribution in [0.1, 0.15) is 5.56 Å². The molecule has 0 unspecified atom stereocenters. The van der Waals surface area contributed by atoms with Gasteiger partial charge >= 0.3 is 0 Å². The van der Waals surface area contributed by atoms with Gasteiger partial charge in [-0.3, -0.25) is 0 Å². The lowest BCUT2D eigenvalue weighted by Gasteiger charge is -2.16. The highest BCUT2D eigenvalue weighted by atomic mass is 15.0. The maximum atomic E-state index is 10.4. The van der Waals surface area contributed by atoms with Crippen LogP contribution in [0.25, 0.3) is 98.5 Å². The van der Waals surface area contributed by atoms with Gasteiger partial charge in [-0.05, 0) is 89.8 Å². The van der Waals surface area contributed by atoms with Crippen molar-refractivity contribution >= 4 is 71.1 Å². The summed E-state index contributed by atoms with van der Waals surface area (Å²) in [6.45, 7) is 7.63. The molecule has 0 aliphatic rings. The number of nitrogens with zero attached hydrogens (tertiary/aromatic N) is 5. The standard InChI is InChI=1S/C50H29N5/c1-52-34-23-27-48-41(29-34)39-14-5-9-19-46(39)55(48)49-20-10-11-33(31-51)50(49)32-21-24-35(25-22-32)53-45-18-8-4-15-40(45)42-30-36(26-28-47(42)53)54-43-16-6-2-12-37(43)38-13-3-7-17-44(38)54/h2-30H. The molecule has 0 N–H and O–H groups in total. The van der Waals surface area contributed by atoms with Crippen molar-refractivity contribution in [1.29, 1.82) is 5.26 Å². The average molecular weight is 700 g/mol. The molecule has 0 aliphatic heterocycles. The van der Waals surface area contributed by atoms with E-state index in [2.05, 4.69) is 158 Å². The number of rotatable bonds is 4. The van der Waals surface area contributed by atoms with Gasteiger partial charge in [-0.25, -0.2) is 4.85 Å². The van der Waals surface area contributed by atoms with Crippen LogP contribution in [0.2, 0.25) is 0 Å². The molecule has 0 saturated heterocycles. The molecule has 55 heavy (non-hydrogen) atoms. The molecule has 0 saturated carbocycles. The number of aromatic nitrogens is 3. The number of para-hydroxylation sites is 4. The van der Waals surface area contributed by atoms with Gasteiger partial charge in [0.25, 0.3) is 0 Å². The van der Waals surface area contributed by atoms with Crippen molar-refractivity contribution in [2.24, 2.45) is 0 Å². The monoisotopic (exact) mass is 699 g/mol. The van der Waals surface area contributed by atoms with E-state index in [0.29, 0.717) is 11.3 Å². The fraction of sp³-hybridized carbons (Fsp3) is 0. The van der Waals surface area contributed by atoms with Gasteiger partial charge < -0.3 is 13.7 Å². The van der Waals surface area contributed by atoms with Crippen LogP contribution >= 0.6 is 0 Å². The van der Waals surface area contributed by atoms with E-state index in [0.717, 1.165) is 61.0 Å². The topological polar surface area (TPSA) is 42.9 Å². The van der Waals surface area contributed by atoms with Gasteiger partial charge in [0.2, 0.25) is 0 Å². The maximum absolute atomic E-state index is 10.4. The van der Waals surface area contributed by atoms with Crippen LogP contribution in [0.5, 0.6) is 0 Å². The Bertz CT molecular complexity index is 3400. The number of benzene rings is 8. The van der Waals surface area contributed by atoms with Crippen LogP contribution in [0, 0.1) is 17.9 Å². The first-order valence-electron chi connectivity index (χ1n) is 18.3. The number of hydrogen-bond acceptors (Lipinski definition) is 1. The van der Waals surface area contributed by atoms with Gasteiger partial charge in [-0.1, -0.05) is 97.1 Å². The van der Waals surface area contributed by atoms with Crippen LogP contribution in [-0.4, -0.2) is 13.7 Å². The van der Waals surface area contributed by atoms with E-state index in [9.17, 15) is 5.26 Å². The molecule has 0 bridgehead atoms. The molecule has 0 aliphatic carbocycles. The zero-order valence-corrected chi connectivity index (χ0v) is 29.5. The molecule has 5 heteroatoms. The second-order valence-electron chi connectivity index (χ2n) is 13.9. The van der Waals surface area contributed by atoms with Gasteiger partial charge in [-0.15, -0.1) is 0 Å². The first-order valence-corrected chi connectivity index (χ1v) is 18.3. The average Bonchev–Trinajstić information content (AvgIpc) is 3.88. The van der Waals surface area contributed by atoms with Crippen LogP contribution in [0.15, 0.2) is 176 Å². The summed E-state index contributed by atoms with van der Waals surface area (Å²) < 4.78 is 6.93. The van der Waals surface area contributed by atoms with Crippen molar-refractivity contribution < 1.29 is 0 Å². The fourth-order valence-corrected chi connectivity index (χ4v) is 8.77. The van der Waals surface area contributed by atoms with E-state index in [1.54, 1.807) is 0 Å². The normalized spacial score (nSPS) is 11.6. The minimum absolute atomic E-state index is 0.600. The van der Waals surface area contributed by atoms with Crippen molar-refractivity contribution in [2.75, 3.05) is 0 Å². The smallest absolute Gasteiger partial charge is 0.188 e. The molecule has 8 aromatic carbocycles. The Balaban J connectivity index is 1.08. The Morgan fingerprint density at radius 2 is 0.891 bits per heavy atom. The number of fused-ring (bicyclic) bond motifs is 9. The van der Waals surface area contributed by atoms with E-state index in [-0.39, 0.29) is 0 Å². The first-order chi connectivity index (χ1) is 27.2. The molecule has 3 aromatic heterocycles. The van der Waals surface area contributed by atoms with Crippen LogP contribution in [0.4, 0.5) is 5.69 Å². The molecular formula is C50H29N5. The Kier molecular flexibility index (Phi) is 6.61. The summed E-state index contributed by atoms with van der Waals surface area (Å²) in [6.07, 6.45) is 0. The van der Waals surface area contributed by atoms with Gasteiger partial charge in [0.15, 0.2) is 5.69 Å². The highest BCUT2D eigenvalue weighted by Gasteiger charge is 2.20. The van der Waals surface area contributed by atoms with Gasteiger partial charge in [0, 0.05) is 43.9 Å². The first kappa shape index (κ1) is 30.7. The Morgan fingerprint density at radius 3 is 1.49 bits per heavy atom. The highest BCUT2D eigenvalue weighted by Crippen LogP contribution is 2.41. The van der Waals surface area contributed by atoms with Crippen molar-refractivity contribution in [3.63, 3.8) is 0 Å². The second-order valence-corrected chi connectivity index (χ2v) is 13.9. The lowest BCUT2D eigenvalue weighted by atomic mass is 9.97. The minimum atomic E-state index is 0.600. The third-order valence-electron chi connectivity index (χ3n) is 11.1. The third-order valence-corrected chi connectivity index (χ3v) is 11.1. The third kappa shape index (κ3) is 4.45. The Labute approximate surface area is 316 Å². The molecule has 0 fully saturated rings. The van der Waals surface area contributed by atoms with Crippen LogP contribution in [-0.2, 0) is 0 Å². The highest BCUT2D eigenvalue weighted by molar-refractivity contribution is 6.13. The molecule has 11 rings (SSSR count). The molecule has 11 aromatic rings. The Morgan fingerprint density at radius 1 is 0.418 bits per heavy atom. The minimum Gasteiger partial charge on any atom is -0.309 e. The predicted molar refractivity (Wildman–Crippen MR) is 226 cm³/mol. The van der Waals surface area contributed by atoms with Crippen molar-refractivity contribution in [3.05, 3.63) is 193 Å². The predicted octanol–water partition coefficient (Wildman–Crippen LogP) is 13.1. The lowest BCUT2D eigenvalue weighted by molar-refractivity contribution is 1.16. The number of hydrogen-bond donors (Lipinski definition) is 0. The number of nitriles is 1. The second kappa shape index (κ2) is 11.8. The summed E-state index contributed by atoms with van der Waals surface area (Å²) in [5.74, 6) is 0. The Hall–Kier alpha value is -7.86. The van der Waals surface area contributed by atoms with E-state index in [1.165, 1.54) is 32.6 Å². The van der Waals surface area contributed by atoms with Gasteiger partial charge in [0.1, 0.15) is 0 Å². The molecule has 3 heterocycles. The zero-order chi connectivity index (χ0) is 36.6. The van der Waals surface area contributed by atoms with Crippen LogP contribution < -0.4 is 0 Å². The van der Waals surface area contributed by atoms with E-state index in [1.807, 2.05) is 42.5 Å². The van der Waals surface area contributed by atoms with Gasteiger partial charge in [0.05, 0.1) is 57.0 Å². The quantitative estimate of drug-likeness (QED) is 0.169. The summed E-state index contributed by atoms with van der Waals surface area (Å²) in [5.41, 5.74) is 12.8. The largest absolute Gasteiger partial charge is 0.309 e. The summed E-state index contributed by atoms with van der Waals surface area (Å²) in [7, 11) is 0. The molecule has 5 nitrogen and oxygen atoms in total. The molecule has 0 spiro atoms. The van der Waals surface area contributed by atoms with E-state index < -0.39 is 0 Å². The summed E-state index contributed by atoms with van der Waals surface area (Å²) in [5, 5.41) is 17.4. The van der Waals surface area contributed by atoms with Crippen molar-refractivity contribution in [2.45, 2.75) is 0 Å². The molecule has 0 radical (unpaired) electrons. The summed E-state index contributed by atoms with van der Waals surface area (Å²) in [4.78, 5) is 3.70. The molecular weight excluding hydrogens is 671 g/mol. The molecule has 0 amide bonds. The molecule has 254 valence electrons. The van der Waals surface area contributed by atoms with Crippen molar-refractivity contribution in [3.8, 4) is 34.3 Å². The molecule has 0 atom stereocenters. The van der Waals surface area contributed by atoms with E-state index in [4.69, 9.17) is 6.57 Å². The maximum Gasteiger partial charge on any atom is 0.188 e. The van der Waals surface area contributed by atoms with Crippen molar-refractivity contribution in [1.82, 2.24) is 13.7 Å². The van der Waals surface area contributed by atoms with E-state index >= 15 is 0 Å². The van der Waals surface area contributed by atoms with Crippen LogP contribution in [0.3, 0.4) is 0 Å². The SMILES string of the molecule is [C-]#[N+]c1ccc2c(c1)c1ccccc1n2-c1cccc(C#N)c1-c1ccc(-n2c3ccccc3c3cc(-n4c5ccccc5c5ccccc54)ccc32)cc1. The summed E-state index contributed by atoms with van der Waals surface area (Å²) >= 11 is 0. The lowest BCUT2D eigenvalue weighted by Crippen LogP contribution is -2.00. The zero-order valence-electron chi connectivity index (χ0n) is 29.5.